The minimum atomic E-state index is 1.14. The van der Waals surface area contributed by atoms with Crippen LogP contribution < -0.4 is 0 Å². The number of rotatable bonds is 0. The molecule has 0 aromatic carbocycles. The smallest absolute Gasteiger partial charge is 0.0321 e. The molecule has 0 aliphatic heterocycles. The third-order valence-corrected chi connectivity index (χ3v) is 4.13. The van der Waals surface area contributed by atoms with Gasteiger partial charge in [-0.2, -0.15) is 0 Å². The Morgan fingerprint density at radius 2 is 1.56 bits per heavy atom. The summed E-state index contributed by atoms with van der Waals surface area (Å²) in [5.41, 5.74) is 0. The molecule has 0 radical (unpaired) electrons. The summed E-state index contributed by atoms with van der Waals surface area (Å²) >= 11 is 0. The second-order valence-corrected chi connectivity index (χ2v) is 4.27. The van der Waals surface area contributed by atoms with Crippen LogP contribution in [0.5, 0.6) is 0 Å². The van der Waals surface area contributed by atoms with E-state index < -0.39 is 0 Å². The molecule has 3 aliphatic carbocycles. The molecule has 0 amide bonds. The lowest BCUT2D eigenvalue weighted by atomic mass is 9.77. The van der Waals surface area contributed by atoms with Gasteiger partial charge in [0.1, 0.15) is 0 Å². The summed E-state index contributed by atoms with van der Waals surface area (Å²) in [6.07, 6.45) is 4.71. The maximum absolute atomic E-state index is 2.45. The quantitative estimate of drug-likeness (QED) is 0.462. The topological polar surface area (TPSA) is 0 Å². The maximum Gasteiger partial charge on any atom is -0.0321 e. The number of fused-ring (bicyclic) bond motifs is 4. The summed E-state index contributed by atoms with van der Waals surface area (Å²) in [4.78, 5) is 0. The minimum Gasteiger partial charge on any atom is -0.0619 e. The van der Waals surface area contributed by atoms with Crippen molar-refractivity contribution in [2.24, 2.45) is 29.6 Å². The summed E-state index contributed by atoms with van der Waals surface area (Å²) in [6.45, 7) is 2.45. The summed E-state index contributed by atoms with van der Waals surface area (Å²) in [6, 6.07) is 0. The van der Waals surface area contributed by atoms with E-state index in [1.165, 1.54) is 23.7 Å². The number of hydrogen-bond donors (Lipinski definition) is 0. The highest BCUT2D eigenvalue weighted by atomic mass is 14.7. The highest BCUT2D eigenvalue weighted by Gasteiger charge is 2.67. The van der Waals surface area contributed by atoms with Gasteiger partial charge in [-0.25, -0.2) is 0 Å². The van der Waals surface area contributed by atoms with Crippen molar-refractivity contribution in [3.8, 4) is 0 Å². The van der Waals surface area contributed by atoms with Gasteiger partial charge in [0.15, 0.2) is 0 Å². The van der Waals surface area contributed by atoms with E-state index in [9.17, 15) is 0 Å². The normalized spacial score (nSPS) is 68.3. The fourth-order valence-electron chi connectivity index (χ4n) is 3.70. The lowest BCUT2D eigenvalue weighted by Crippen LogP contribution is -2.23. The zero-order chi connectivity index (χ0) is 6.01. The first kappa shape index (κ1) is 4.76. The summed E-state index contributed by atoms with van der Waals surface area (Å²) in [5, 5.41) is 0. The molecular formula is C9H14. The van der Waals surface area contributed by atoms with Gasteiger partial charge in [0.2, 0.25) is 0 Å². The van der Waals surface area contributed by atoms with E-state index >= 15 is 0 Å². The predicted octanol–water partition coefficient (Wildman–Crippen LogP) is 2.30. The molecule has 0 heterocycles. The van der Waals surface area contributed by atoms with E-state index in [1.54, 1.807) is 19.3 Å². The third kappa shape index (κ3) is 0.367. The van der Waals surface area contributed by atoms with Crippen molar-refractivity contribution in [1.29, 1.82) is 0 Å². The average Bonchev–Trinajstić information content (AvgIpc) is 2.15. The summed E-state index contributed by atoms with van der Waals surface area (Å²) in [7, 11) is 0. The van der Waals surface area contributed by atoms with Crippen molar-refractivity contribution in [2.75, 3.05) is 0 Å². The molecule has 0 aromatic rings. The fraction of sp³-hybridized carbons (Fsp3) is 1.00. The largest absolute Gasteiger partial charge is 0.0619 e. The van der Waals surface area contributed by atoms with Gasteiger partial charge in [0, 0.05) is 0 Å². The van der Waals surface area contributed by atoms with Gasteiger partial charge in [0.25, 0.3) is 0 Å². The van der Waals surface area contributed by atoms with Crippen LogP contribution in [-0.2, 0) is 0 Å². The Kier molecular flexibility index (Phi) is 0.640. The Labute approximate surface area is 56.6 Å². The first-order valence-corrected chi connectivity index (χ1v) is 4.39. The molecule has 0 bridgehead atoms. The summed E-state index contributed by atoms with van der Waals surface area (Å²) in [5.74, 6) is 6.00. The Morgan fingerprint density at radius 1 is 1.00 bits per heavy atom. The van der Waals surface area contributed by atoms with Gasteiger partial charge in [-0.1, -0.05) is 13.3 Å². The third-order valence-electron chi connectivity index (χ3n) is 4.13. The van der Waals surface area contributed by atoms with Crippen molar-refractivity contribution in [3.05, 3.63) is 0 Å². The van der Waals surface area contributed by atoms with Crippen LogP contribution in [0.15, 0.2) is 0 Å². The van der Waals surface area contributed by atoms with Gasteiger partial charge >= 0.3 is 0 Å². The van der Waals surface area contributed by atoms with E-state index in [-0.39, 0.29) is 0 Å². The molecule has 0 nitrogen and oxygen atoms in total. The highest BCUT2D eigenvalue weighted by Crippen LogP contribution is 2.72. The zero-order valence-electron chi connectivity index (χ0n) is 6.01. The van der Waals surface area contributed by atoms with E-state index in [4.69, 9.17) is 0 Å². The molecule has 4 unspecified atom stereocenters. The van der Waals surface area contributed by atoms with E-state index in [1.807, 2.05) is 0 Å². The molecule has 4 atom stereocenters. The number of hydrogen-bond acceptors (Lipinski definition) is 0. The van der Waals surface area contributed by atoms with Gasteiger partial charge in [-0.15, -0.1) is 0 Å². The van der Waals surface area contributed by atoms with Crippen LogP contribution in [-0.4, -0.2) is 0 Å². The Morgan fingerprint density at radius 3 is 2.11 bits per heavy atom. The molecule has 3 fully saturated rings. The lowest BCUT2D eigenvalue weighted by Gasteiger charge is -2.28. The van der Waals surface area contributed by atoms with Crippen molar-refractivity contribution >= 4 is 0 Å². The Hall–Kier alpha value is 0. The maximum atomic E-state index is 2.45. The van der Waals surface area contributed by atoms with Crippen molar-refractivity contribution < 1.29 is 0 Å². The van der Waals surface area contributed by atoms with E-state index in [0.29, 0.717) is 0 Å². The van der Waals surface area contributed by atoms with Crippen LogP contribution in [0.4, 0.5) is 0 Å². The van der Waals surface area contributed by atoms with E-state index in [2.05, 4.69) is 6.92 Å². The molecule has 3 aliphatic rings. The van der Waals surface area contributed by atoms with Gasteiger partial charge in [-0.05, 0) is 42.4 Å². The van der Waals surface area contributed by atoms with Crippen LogP contribution in [0.2, 0.25) is 0 Å². The molecule has 0 N–H and O–H groups in total. The second kappa shape index (κ2) is 1.21. The van der Waals surface area contributed by atoms with Crippen molar-refractivity contribution in [2.45, 2.75) is 26.2 Å². The molecule has 0 aromatic heterocycles. The monoisotopic (exact) mass is 122 g/mol. The Balaban J connectivity index is 1.87. The SMILES string of the molecule is CC1C2C3CCCC3C12. The molecule has 9 heavy (non-hydrogen) atoms. The lowest BCUT2D eigenvalue weighted by molar-refractivity contribution is 0.195. The van der Waals surface area contributed by atoms with Crippen molar-refractivity contribution in [3.63, 3.8) is 0 Å². The molecule has 0 heteroatoms. The van der Waals surface area contributed by atoms with Crippen LogP contribution in [0.1, 0.15) is 26.2 Å². The van der Waals surface area contributed by atoms with E-state index in [0.717, 1.165) is 5.92 Å². The summed E-state index contributed by atoms with van der Waals surface area (Å²) < 4.78 is 0. The van der Waals surface area contributed by atoms with Crippen LogP contribution in [0.25, 0.3) is 0 Å². The van der Waals surface area contributed by atoms with Crippen LogP contribution in [0.3, 0.4) is 0 Å². The zero-order valence-corrected chi connectivity index (χ0v) is 6.01. The first-order chi connectivity index (χ1) is 4.39. The first-order valence-electron chi connectivity index (χ1n) is 4.39. The van der Waals surface area contributed by atoms with Gasteiger partial charge in [-0.3, -0.25) is 0 Å². The molecule has 0 spiro atoms. The van der Waals surface area contributed by atoms with Gasteiger partial charge < -0.3 is 0 Å². The molecule has 0 saturated heterocycles. The molecule has 50 valence electrons. The second-order valence-electron chi connectivity index (χ2n) is 4.27. The van der Waals surface area contributed by atoms with Crippen LogP contribution >= 0.6 is 0 Å². The van der Waals surface area contributed by atoms with Crippen molar-refractivity contribution in [1.82, 2.24) is 0 Å². The predicted molar refractivity (Wildman–Crippen MR) is 37.0 cm³/mol. The average molecular weight is 122 g/mol. The molecular weight excluding hydrogens is 108 g/mol. The standard InChI is InChI=1S/C9H14/c1-5-8-6-3-2-4-7(6)9(5)8/h5-9H,2-4H2,1H3. The minimum absolute atomic E-state index is 1.14. The molecule has 3 saturated carbocycles. The van der Waals surface area contributed by atoms with Gasteiger partial charge in [0.05, 0.1) is 0 Å². The fourth-order valence-corrected chi connectivity index (χ4v) is 3.70. The highest BCUT2D eigenvalue weighted by molar-refractivity contribution is 5.15. The molecule has 3 rings (SSSR count). The van der Waals surface area contributed by atoms with Crippen LogP contribution in [0, 0.1) is 29.6 Å². The Bertz CT molecular complexity index is 134.